The van der Waals surface area contributed by atoms with Crippen LogP contribution in [0.15, 0.2) is 23.2 Å². The van der Waals surface area contributed by atoms with Gasteiger partial charge in [-0.1, -0.05) is 6.07 Å². The van der Waals surface area contributed by atoms with Crippen LogP contribution in [0.25, 0.3) is 0 Å². The van der Waals surface area contributed by atoms with Crippen LogP contribution < -0.4 is 5.32 Å². The van der Waals surface area contributed by atoms with Crippen molar-refractivity contribution < 1.29 is 35.9 Å². The van der Waals surface area contributed by atoms with Crippen LogP contribution in [0.2, 0.25) is 0 Å². The number of alkyl halides is 6. The van der Waals surface area contributed by atoms with E-state index in [-0.39, 0.29) is 18.1 Å². The normalized spacial score (nSPS) is 18.2. The van der Waals surface area contributed by atoms with E-state index in [0.717, 1.165) is 13.2 Å². The molecule has 0 aliphatic carbocycles. The van der Waals surface area contributed by atoms with Crippen molar-refractivity contribution in [2.45, 2.75) is 18.4 Å². The monoisotopic (exact) mass is 369 g/mol. The van der Waals surface area contributed by atoms with Crippen molar-refractivity contribution in [3.8, 4) is 0 Å². The first-order valence-corrected chi connectivity index (χ1v) is 6.85. The summed E-state index contributed by atoms with van der Waals surface area (Å²) in [6, 6.07) is 1.07. The third-order valence-corrected chi connectivity index (χ3v) is 3.65. The molecule has 0 aromatic heterocycles. The summed E-state index contributed by atoms with van der Waals surface area (Å²) in [4.78, 5) is 16.5. The fourth-order valence-electron chi connectivity index (χ4n) is 2.40. The van der Waals surface area contributed by atoms with Gasteiger partial charge in [-0.15, -0.1) is 0 Å². The second kappa shape index (κ2) is 6.45. The van der Waals surface area contributed by atoms with Crippen LogP contribution in [0, 0.1) is 0 Å². The molecule has 0 saturated heterocycles. The molecule has 0 fully saturated rings. The molecular weight excluding hydrogens is 356 g/mol. The highest BCUT2D eigenvalue weighted by Crippen LogP contribution is 2.41. The Morgan fingerprint density at radius 1 is 1.20 bits per heavy atom. The molecule has 11 heteroatoms. The Kier molecular flexibility index (Phi) is 4.87. The summed E-state index contributed by atoms with van der Waals surface area (Å²) in [5, 5.41) is 2.27. The minimum Gasteiger partial charge on any atom is -0.453 e. The van der Waals surface area contributed by atoms with E-state index in [9.17, 15) is 31.1 Å². The average molecular weight is 369 g/mol. The number of methoxy groups -OCH3 is 1. The minimum absolute atomic E-state index is 0.00626. The Balaban J connectivity index is 2.34. The van der Waals surface area contributed by atoms with Gasteiger partial charge in [0.15, 0.2) is 0 Å². The first-order valence-electron chi connectivity index (χ1n) is 6.85. The van der Waals surface area contributed by atoms with Gasteiger partial charge in [0.25, 0.3) is 0 Å². The molecule has 1 aliphatic rings. The van der Waals surface area contributed by atoms with E-state index >= 15 is 0 Å². The predicted molar refractivity (Wildman–Crippen MR) is 74.8 cm³/mol. The molecule has 1 atom stereocenters. The lowest BCUT2D eigenvalue weighted by Crippen LogP contribution is -2.40. The largest absolute Gasteiger partial charge is 0.453 e. The molecular formula is C14H13F6N3O2. The minimum atomic E-state index is -5.16. The van der Waals surface area contributed by atoms with Crippen LogP contribution in [-0.2, 0) is 17.1 Å². The van der Waals surface area contributed by atoms with Crippen molar-refractivity contribution in [2.24, 2.45) is 4.99 Å². The molecule has 138 valence electrons. The molecule has 1 unspecified atom stereocenters. The van der Waals surface area contributed by atoms with E-state index in [4.69, 9.17) is 0 Å². The summed E-state index contributed by atoms with van der Waals surface area (Å²) in [5.74, 6) is 0.0466. The highest BCUT2D eigenvalue weighted by molar-refractivity contribution is 5.94. The maximum atomic E-state index is 13.0. The maximum Gasteiger partial charge on any atom is 0.417 e. The molecule has 1 N–H and O–H groups in total. The zero-order valence-electron chi connectivity index (χ0n) is 13.0. The van der Waals surface area contributed by atoms with Gasteiger partial charge in [0, 0.05) is 7.05 Å². The van der Waals surface area contributed by atoms with E-state index in [1.54, 1.807) is 0 Å². The number of halogens is 6. The number of nitrogens with zero attached hydrogens (tertiary/aromatic N) is 2. The molecule has 1 aliphatic heterocycles. The number of carbonyl (C=O) groups excluding carboxylic acids is 1. The molecule has 1 aromatic rings. The van der Waals surface area contributed by atoms with E-state index in [2.05, 4.69) is 15.0 Å². The lowest BCUT2D eigenvalue weighted by atomic mass is 9.98. The van der Waals surface area contributed by atoms with Crippen molar-refractivity contribution in [1.82, 2.24) is 10.2 Å². The molecule has 1 aromatic carbocycles. The smallest absolute Gasteiger partial charge is 0.417 e. The molecule has 0 spiro atoms. The molecule has 1 heterocycles. The summed E-state index contributed by atoms with van der Waals surface area (Å²) >= 11 is 0. The maximum absolute atomic E-state index is 13.0. The number of ether oxygens (including phenoxy) is 1. The van der Waals surface area contributed by atoms with Crippen molar-refractivity contribution in [3.05, 3.63) is 34.9 Å². The number of carbonyl (C=O) groups is 1. The van der Waals surface area contributed by atoms with Crippen LogP contribution >= 0.6 is 0 Å². The van der Waals surface area contributed by atoms with Crippen molar-refractivity contribution >= 4 is 12.1 Å². The second-order valence-electron chi connectivity index (χ2n) is 5.21. The van der Waals surface area contributed by atoms with Crippen molar-refractivity contribution in [3.63, 3.8) is 0 Å². The van der Waals surface area contributed by atoms with E-state index in [0.29, 0.717) is 12.1 Å². The summed E-state index contributed by atoms with van der Waals surface area (Å²) in [7, 11) is 2.56. The number of hydrogen-bond acceptors (Lipinski definition) is 4. The quantitative estimate of drug-likeness (QED) is 0.772. The number of hydrogen-bond donors (Lipinski definition) is 1. The lowest BCUT2D eigenvalue weighted by Gasteiger charge is -2.25. The standard InChI is InChI=1S/C14H13F6N3O2/c1-23-10(6-21-11(23)22-12(24)25-2)7-3-4-8(13(15,16)17)9(5-7)14(18,19)20/h3-5,10H,6H2,1-2H3,(H,21,22,24). The van der Waals surface area contributed by atoms with Crippen LogP contribution in [0.4, 0.5) is 31.1 Å². The Morgan fingerprint density at radius 3 is 2.32 bits per heavy atom. The number of alkyl carbamates (subject to hydrolysis) is 1. The van der Waals surface area contributed by atoms with Crippen LogP contribution in [0.1, 0.15) is 22.7 Å². The van der Waals surface area contributed by atoms with Gasteiger partial charge < -0.3 is 9.64 Å². The van der Waals surface area contributed by atoms with E-state index in [1.165, 1.54) is 11.9 Å². The first-order chi connectivity index (χ1) is 11.4. The van der Waals surface area contributed by atoms with Gasteiger partial charge in [-0.3, -0.25) is 10.3 Å². The highest BCUT2D eigenvalue weighted by Gasteiger charge is 2.43. The number of nitrogens with one attached hydrogen (secondary N) is 1. The summed E-state index contributed by atoms with van der Waals surface area (Å²) in [6.45, 7) is -0.0293. The van der Waals surface area contributed by atoms with E-state index < -0.39 is 35.6 Å². The lowest BCUT2D eigenvalue weighted by molar-refractivity contribution is -0.162. The van der Waals surface area contributed by atoms with Gasteiger partial charge in [0.1, 0.15) is 0 Å². The molecule has 2 rings (SSSR count). The van der Waals surface area contributed by atoms with Crippen LogP contribution in [-0.4, -0.2) is 37.7 Å². The predicted octanol–water partition coefficient (Wildman–Crippen LogP) is 3.42. The summed E-state index contributed by atoms with van der Waals surface area (Å²) in [6.07, 6.45) is -11.1. The molecule has 25 heavy (non-hydrogen) atoms. The fourth-order valence-corrected chi connectivity index (χ4v) is 2.40. The van der Waals surface area contributed by atoms with Gasteiger partial charge >= 0.3 is 18.4 Å². The number of likely N-dealkylation sites (N-methyl/N-ethyl adjacent to an activating group) is 1. The second-order valence-corrected chi connectivity index (χ2v) is 5.21. The van der Waals surface area contributed by atoms with Gasteiger partial charge in [-0.05, 0) is 17.7 Å². The Hall–Kier alpha value is -2.46. The molecule has 5 nitrogen and oxygen atoms in total. The van der Waals surface area contributed by atoms with Crippen molar-refractivity contribution in [1.29, 1.82) is 0 Å². The summed E-state index contributed by atoms with van der Waals surface area (Å²) < 4.78 is 81.9. The highest BCUT2D eigenvalue weighted by atomic mass is 19.4. The zero-order chi connectivity index (χ0) is 19.0. The third-order valence-electron chi connectivity index (χ3n) is 3.65. The number of amides is 1. The van der Waals surface area contributed by atoms with Gasteiger partial charge in [0.2, 0.25) is 5.96 Å². The fraction of sp³-hybridized carbons (Fsp3) is 0.429. The van der Waals surface area contributed by atoms with Crippen LogP contribution in [0.5, 0.6) is 0 Å². The Labute approximate surface area is 138 Å². The number of aliphatic imine (C=N–C) groups is 1. The molecule has 0 bridgehead atoms. The molecule has 0 saturated carbocycles. The van der Waals surface area contributed by atoms with Gasteiger partial charge in [-0.25, -0.2) is 4.79 Å². The third kappa shape index (κ3) is 3.97. The van der Waals surface area contributed by atoms with Crippen LogP contribution in [0.3, 0.4) is 0 Å². The topological polar surface area (TPSA) is 53.9 Å². The number of benzene rings is 1. The first kappa shape index (κ1) is 18.9. The molecule has 1 amide bonds. The van der Waals surface area contributed by atoms with Gasteiger partial charge in [-0.2, -0.15) is 26.3 Å². The number of guanidine groups is 1. The van der Waals surface area contributed by atoms with Gasteiger partial charge in [0.05, 0.1) is 30.8 Å². The van der Waals surface area contributed by atoms with E-state index in [1.807, 2.05) is 0 Å². The SMILES string of the molecule is COC(=O)NC1=NCC(c2ccc(C(F)(F)F)c(C(F)(F)F)c2)N1C. The number of rotatable bonds is 1. The zero-order valence-corrected chi connectivity index (χ0v) is 13.0. The van der Waals surface area contributed by atoms with Crippen molar-refractivity contribution in [2.75, 3.05) is 20.7 Å². The summed E-state index contributed by atoms with van der Waals surface area (Å²) in [5.41, 5.74) is -3.52. The molecule has 0 radical (unpaired) electrons. The Bertz CT molecular complexity index is 699. The Morgan fingerprint density at radius 2 is 1.80 bits per heavy atom. The average Bonchev–Trinajstić information content (AvgIpc) is 2.86.